The monoisotopic (exact) mass is 130 g/mol. The van der Waals surface area contributed by atoms with E-state index in [-0.39, 0.29) is 0 Å². The highest BCUT2D eigenvalue weighted by atomic mass is 28.3. The van der Waals surface area contributed by atoms with E-state index in [1.807, 2.05) is 13.0 Å². The number of hydrogen-bond donors (Lipinski definition) is 1. The Balaban J connectivity index is 3.71. The molecule has 0 saturated heterocycles. The van der Waals surface area contributed by atoms with E-state index in [0.29, 0.717) is 6.23 Å². The molecule has 0 spiro atoms. The van der Waals surface area contributed by atoms with E-state index >= 15 is 0 Å². The number of aliphatic hydroxyl groups is 1. The van der Waals surface area contributed by atoms with Crippen LogP contribution in [0.1, 0.15) is 6.92 Å². The lowest BCUT2D eigenvalue weighted by molar-refractivity contribution is 0.360. The average Bonchev–Trinajstić information content (AvgIpc) is 1.67. The van der Waals surface area contributed by atoms with E-state index in [1.165, 1.54) is 0 Å². The van der Waals surface area contributed by atoms with E-state index in [2.05, 4.69) is 18.8 Å². The quantitative estimate of drug-likeness (QED) is 0.559. The first kappa shape index (κ1) is 7.92. The van der Waals surface area contributed by atoms with Crippen LogP contribution in [0.2, 0.25) is 13.1 Å². The van der Waals surface area contributed by atoms with Crippen molar-refractivity contribution in [3.05, 3.63) is 11.8 Å². The van der Waals surface area contributed by atoms with Gasteiger partial charge in [-0.05, 0) is 6.92 Å². The zero-order valence-electron chi connectivity index (χ0n) is 5.81. The van der Waals surface area contributed by atoms with Gasteiger partial charge in [-0.15, -0.1) is 0 Å². The van der Waals surface area contributed by atoms with E-state index in [9.17, 15) is 0 Å². The van der Waals surface area contributed by atoms with Gasteiger partial charge in [-0.25, -0.2) is 0 Å². The Morgan fingerprint density at radius 3 is 2.12 bits per heavy atom. The molecule has 48 valence electrons. The highest BCUT2D eigenvalue weighted by Crippen LogP contribution is 2.00. The average molecular weight is 130 g/mol. The Kier molecular flexibility index (Phi) is 3.01. The third-order valence-electron chi connectivity index (χ3n) is 1.03. The molecule has 0 aromatic carbocycles. The fourth-order valence-electron chi connectivity index (χ4n) is 0.504. The van der Waals surface area contributed by atoms with Crippen molar-refractivity contribution in [2.45, 2.75) is 20.0 Å². The maximum Gasteiger partial charge on any atom is 0.1000 e. The standard InChI is InChI=1S/C6H14OSi/c1-4-5-8(2,3)6-7/h4-5,7H,6H2,1-3H3/b5-4+. The van der Waals surface area contributed by atoms with Crippen molar-refractivity contribution in [3.8, 4) is 0 Å². The molecular weight excluding hydrogens is 116 g/mol. The van der Waals surface area contributed by atoms with Gasteiger partial charge in [-0.1, -0.05) is 24.9 Å². The summed E-state index contributed by atoms with van der Waals surface area (Å²) in [4.78, 5) is 0. The lowest BCUT2D eigenvalue weighted by Crippen LogP contribution is -2.28. The summed E-state index contributed by atoms with van der Waals surface area (Å²) in [6.07, 6.45) is 2.37. The summed E-state index contributed by atoms with van der Waals surface area (Å²) < 4.78 is 0. The maximum atomic E-state index is 8.74. The minimum absolute atomic E-state index is 0.358. The van der Waals surface area contributed by atoms with Gasteiger partial charge in [-0.3, -0.25) is 0 Å². The molecule has 0 rings (SSSR count). The summed E-state index contributed by atoms with van der Waals surface area (Å²) in [5, 5.41) is 8.74. The molecule has 1 N–H and O–H groups in total. The second kappa shape index (κ2) is 3.05. The maximum absolute atomic E-state index is 8.74. The molecular formula is C6H14OSi. The van der Waals surface area contributed by atoms with E-state index in [0.717, 1.165) is 0 Å². The Hall–Kier alpha value is -0.0831. The van der Waals surface area contributed by atoms with Crippen molar-refractivity contribution >= 4 is 8.07 Å². The summed E-state index contributed by atoms with van der Waals surface area (Å²) >= 11 is 0. The van der Waals surface area contributed by atoms with Crippen molar-refractivity contribution in [1.82, 2.24) is 0 Å². The zero-order chi connectivity index (χ0) is 6.62. The van der Waals surface area contributed by atoms with Crippen LogP contribution in [-0.2, 0) is 0 Å². The van der Waals surface area contributed by atoms with E-state index in [1.54, 1.807) is 0 Å². The van der Waals surface area contributed by atoms with Crippen molar-refractivity contribution < 1.29 is 5.11 Å². The van der Waals surface area contributed by atoms with Gasteiger partial charge in [0.25, 0.3) is 0 Å². The van der Waals surface area contributed by atoms with Crippen LogP contribution in [0, 0.1) is 0 Å². The predicted octanol–water partition coefficient (Wildman–Crippen LogP) is 1.34. The van der Waals surface area contributed by atoms with Gasteiger partial charge < -0.3 is 5.11 Å². The summed E-state index contributed by atoms with van der Waals surface area (Å²) in [6, 6.07) is 0. The van der Waals surface area contributed by atoms with Gasteiger partial charge in [0.2, 0.25) is 0 Å². The SMILES string of the molecule is C/C=C/[Si](C)(C)CO. The minimum Gasteiger partial charge on any atom is -0.399 e. The molecule has 0 atom stereocenters. The highest BCUT2D eigenvalue weighted by molar-refractivity contribution is 6.82. The second-order valence-corrected chi connectivity index (χ2v) is 7.27. The predicted molar refractivity (Wildman–Crippen MR) is 39.4 cm³/mol. The number of hydrogen-bond acceptors (Lipinski definition) is 1. The molecule has 8 heavy (non-hydrogen) atoms. The van der Waals surface area contributed by atoms with Gasteiger partial charge in [0.1, 0.15) is 0 Å². The summed E-state index contributed by atoms with van der Waals surface area (Å²) in [7, 11) is -1.30. The molecule has 0 amide bonds. The van der Waals surface area contributed by atoms with Crippen LogP contribution in [0.15, 0.2) is 11.8 Å². The van der Waals surface area contributed by atoms with E-state index in [4.69, 9.17) is 5.11 Å². The molecule has 0 aliphatic carbocycles. The highest BCUT2D eigenvalue weighted by Gasteiger charge is 2.13. The van der Waals surface area contributed by atoms with Gasteiger partial charge in [0.15, 0.2) is 0 Å². The molecule has 0 unspecified atom stereocenters. The number of aliphatic hydroxyl groups excluding tert-OH is 1. The first-order valence-corrected chi connectivity index (χ1v) is 6.15. The minimum atomic E-state index is -1.30. The van der Waals surface area contributed by atoms with Gasteiger partial charge in [0, 0.05) is 6.23 Å². The third kappa shape index (κ3) is 2.99. The van der Waals surface area contributed by atoms with Crippen molar-refractivity contribution in [2.24, 2.45) is 0 Å². The number of rotatable bonds is 2. The normalized spacial score (nSPS) is 13.0. The fourth-order valence-corrected chi connectivity index (χ4v) is 1.51. The topological polar surface area (TPSA) is 20.2 Å². The first-order chi connectivity index (χ1) is 3.62. The molecule has 0 fully saturated rings. The fraction of sp³-hybridized carbons (Fsp3) is 0.667. The molecule has 1 nitrogen and oxygen atoms in total. The van der Waals surface area contributed by atoms with Crippen LogP contribution >= 0.6 is 0 Å². The number of allylic oxidation sites excluding steroid dienone is 1. The zero-order valence-corrected chi connectivity index (χ0v) is 6.81. The smallest absolute Gasteiger partial charge is 0.1000 e. The Bertz CT molecular complexity index is 86.5. The largest absolute Gasteiger partial charge is 0.399 e. The van der Waals surface area contributed by atoms with Crippen LogP contribution in [0.4, 0.5) is 0 Å². The van der Waals surface area contributed by atoms with Gasteiger partial charge >= 0.3 is 0 Å². The molecule has 0 aromatic rings. The molecule has 0 aromatic heterocycles. The lowest BCUT2D eigenvalue weighted by Gasteiger charge is -2.11. The Morgan fingerprint density at radius 2 is 2.00 bits per heavy atom. The molecule has 0 aliphatic heterocycles. The van der Waals surface area contributed by atoms with Crippen LogP contribution in [-0.4, -0.2) is 19.4 Å². The van der Waals surface area contributed by atoms with Gasteiger partial charge in [-0.2, -0.15) is 0 Å². The molecule has 2 heteroatoms. The van der Waals surface area contributed by atoms with Crippen LogP contribution < -0.4 is 0 Å². The summed E-state index contributed by atoms with van der Waals surface area (Å²) in [5.41, 5.74) is 2.13. The first-order valence-electron chi connectivity index (χ1n) is 2.87. The molecule has 0 heterocycles. The lowest BCUT2D eigenvalue weighted by atomic mass is 10.8. The molecule has 0 aliphatic rings. The molecule has 0 saturated carbocycles. The van der Waals surface area contributed by atoms with Crippen LogP contribution in [0.3, 0.4) is 0 Å². The van der Waals surface area contributed by atoms with Crippen molar-refractivity contribution in [2.75, 3.05) is 6.23 Å². The Labute approximate surface area is 52.0 Å². The van der Waals surface area contributed by atoms with Crippen LogP contribution in [0.25, 0.3) is 0 Å². The summed E-state index contributed by atoms with van der Waals surface area (Å²) in [5.74, 6) is 0. The van der Waals surface area contributed by atoms with Crippen molar-refractivity contribution in [3.63, 3.8) is 0 Å². The van der Waals surface area contributed by atoms with Crippen LogP contribution in [0.5, 0.6) is 0 Å². The molecule has 0 radical (unpaired) electrons. The third-order valence-corrected chi connectivity index (χ3v) is 3.08. The van der Waals surface area contributed by atoms with Crippen molar-refractivity contribution in [1.29, 1.82) is 0 Å². The van der Waals surface area contributed by atoms with E-state index < -0.39 is 8.07 Å². The second-order valence-electron chi connectivity index (χ2n) is 2.65. The van der Waals surface area contributed by atoms with Gasteiger partial charge in [0.05, 0.1) is 8.07 Å². The molecule has 0 bridgehead atoms. The summed E-state index contributed by atoms with van der Waals surface area (Å²) in [6.45, 7) is 6.25. The Morgan fingerprint density at radius 1 is 1.50 bits per heavy atom.